The first-order chi connectivity index (χ1) is 7.33. The number of fused-ring (bicyclic) bond motifs is 1. The highest BCUT2D eigenvalue weighted by Crippen LogP contribution is 2.32. The molecule has 2 heteroatoms. The van der Waals surface area contributed by atoms with Crippen LogP contribution in [-0.4, -0.2) is 10.8 Å². The number of hydrogen-bond acceptors (Lipinski definition) is 1. The number of para-hydroxylation sites is 1. The third-order valence-corrected chi connectivity index (χ3v) is 3.24. The van der Waals surface area contributed by atoms with Crippen LogP contribution in [0.5, 0.6) is 0 Å². The Morgan fingerprint density at radius 1 is 1.27 bits per heavy atom. The first kappa shape index (κ1) is 8.72. The first-order valence-electron chi connectivity index (χ1n) is 5.42. The lowest BCUT2D eigenvalue weighted by Crippen LogP contribution is -1.93. The predicted molar refractivity (Wildman–Crippen MR) is 59.9 cm³/mol. The number of H-pyrrole nitrogens is 1. The molecule has 1 atom stereocenters. The largest absolute Gasteiger partial charge is 0.358 e. The van der Waals surface area contributed by atoms with Crippen LogP contribution < -0.4 is 0 Å². The standard InChI is InChI=1S/C13H13NO/c15-11-6-5-10(7-11)13-8-9-3-1-2-4-12(9)14-13/h1-4,8,10,14H,5-7H2. The summed E-state index contributed by atoms with van der Waals surface area (Å²) in [5.74, 6) is 0.823. The zero-order valence-corrected chi connectivity index (χ0v) is 8.49. The molecular weight excluding hydrogens is 186 g/mol. The van der Waals surface area contributed by atoms with Crippen molar-refractivity contribution >= 4 is 16.7 Å². The lowest BCUT2D eigenvalue weighted by molar-refractivity contribution is -0.117. The fraction of sp³-hybridized carbons (Fsp3) is 0.308. The molecule has 1 fully saturated rings. The molecule has 15 heavy (non-hydrogen) atoms. The minimum absolute atomic E-state index is 0.402. The molecule has 1 saturated carbocycles. The van der Waals surface area contributed by atoms with Gasteiger partial charge in [0, 0.05) is 30.0 Å². The molecule has 0 radical (unpaired) electrons. The number of ketones is 1. The highest BCUT2D eigenvalue weighted by Gasteiger charge is 2.24. The molecule has 1 aromatic carbocycles. The van der Waals surface area contributed by atoms with Crippen molar-refractivity contribution in [2.75, 3.05) is 0 Å². The minimum atomic E-state index is 0.402. The van der Waals surface area contributed by atoms with Gasteiger partial charge >= 0.3 is 0 Å². The van der Waals surface area contributed by atoms with Crippen molar-refractivity contribution in [1.82, 2.24) is 4.98 Å². The Morgan fingerprint density at radius 3 is 2.87 bits per heavy atom. The number of aromatic amines is 1. The average Bonchev–Trinajstić information content (AvgIpc) is 2.82. The van der Waals surface area contributed by atoms with Gasteiger partial charge in [0.05, 0.1) is 0 Å². The molecule has 2 aromatic rings. The average molecular weight is 199 g/mol. The number of carbonyl (C=O) groups excluding carboxylic acids is 1. The molecule has 1 heterocycles. The van der Waals surface area contributed by atoms with Crippen molar-refractivity contribution in [3.8, 4) is 0 Å². The number of Topliss-reactive ketones (excluding diaryl/α,β-unsaturated/α-hetero) is 1. The van der Waals surface area contributed by atoms with Gasteiger partial charge in [0.25, 0.3) is 0 Å². The van der Waals surface area contributed by atoms with Crippen LogP contribution in [-0.2, 0) is 4.79 Å². The summed E-state index contributed by atoms with van der Waals surface area (Å²) < 4.78 is 0. The fourth-order valence-electron chi connectivity index (χ4n) is 2.40. The molecule has 1 N–H and O–H groups in total. The van der Waals surface area contributed by atoms with Crippen LogP contribution >= 0.6 is 0 Å². The molecule has 0 aliphatic heterocycles. The first-order valence-corrected chi connectivity index (χ1v) is 5.42. The summed E-state index contributed by atoms with van der Waals surface area (Å²) in [4.78, 5) is 14.6. The monoisotopic (exact) mass is 199 g/mol. The van der Waals surface area contributed by atoms with E-state index in [9.17, 15) is 4.79 Å². The van der Waals surface area contributed by atoms with Gasteiger partial charge in [-0.1, -0.05) is 18.2 Å². The summed E-state index contributed by atoms with van der Waals surface area (Å²) >= 11 is 0. The fourth-order valence-corrected chi connectivity index (χ4v) is 2.40. The number of rotatable bonds is 1. The van der Waals surface area contributed by atoms with Gasteiger partial charge in [0.1, 0.15) is 5.78 Å². The Labute approximate surface area is 88.3 Å². The molecule has 0 saturated heterocycles. The second-order valence-corrected chi connectivity index (χ2v) is 4.29. The Balaban J connectivity index is 2.01. The van der Waals surface area contributed by atoms with Crippen molar-refractivity contribution in [3.63, 3.8) is 0 Å². The van der Waals surface area contributed by atoms with Gasteiger partial charge in [-0.2, -0.15) is 0 Å². The highest BCUT2D eigenvalue weighted by molar-refractivity contribution is 5.83. The van der Waals surface area contributed by atoms with Crippen LogP contribution in [0.15, 0.2) is 30.3 Å². The summed E-state index contributed by atoms with van der Waals surface area (Å²) in [6.07, 6.45) is 2.47. The van der Waals surface area contributed by atoms with Crippen molar-refractivity contribution in [2.24, 2.45) is 0 Å². The van der Waals surface area contributed by atoms with Crippen LogP contribution in [0.4, 0.5) is 0 Å². The van der Waals surface area contributed by atoms with E-state index in [-0.39, 0.29) is 0 Å². The Hall–Kier alpha value is -1.57. The molecule has 0 amide bonds. The second kappa shape index (κ2) is 3.23. The number of benzene rings is 1. The third-order valence-electron chi connectivity index (χ3n) is 3.24. The van der Waals surface area contributed by atoms with Crippen molar-refractivity contribution in [3.05, 3.63) is 36.0 Å². The van der Waals surface area contributed by atoms with E-state index in [1.165, 1.54) is 16.6 Å². The van der Waals surface area contributed by atoms with Crippen molar-refractivity contribution < 1.29 is 4.79 Å². The van der Waals surface area contributed by atoms with Gasteiger partial charge in [0.15, 0.2) is 0 Å². The molecule has 1 aliphatic rings. The van der Waals surface area contributed by atoms with Crippen LogP contribution in [0, 0.1) is 0 Å². The topological polar surface area (TPSA) is 32.9 Å². The van der Waals surface area contributed by atoms with Gasteiger partial charge in [-0.05, 0) is 23.9 Å². The SMILES string of the molecule is O=C1CCC(c2cc3ccccc3[nH]2)C1. The Kier molecular flexibility index (Phi) is 1.88. The van der Waals surface area contributed by atoms with Gasteiger partial charge in [0.2, 0.25) is 0 Å². The van der Waals surface area contributed by atoms with E-state index in [0.717, 1.165) is 12.8 Å². The minimum Gasteiger partial charge on any atom is -0.358 e. The van der Waals surface area contributed by atoms with Crippen molar-refractivity contribution in [1.29, 1.82) is 0 Å². The molecule has 0 bridgehead atoms. The van der Waals surface area contributed by atoms with E-state index in [1.807, 2.05) is 12.1 Å². The summed E-state index contributed by atoms with van der Waals surface area (Å²) in [5, 5.41) is 1.24. The maximum absolute atomic E-state index is 11.2. The van der Waals surface area contributed by atoms with E-state index >= 15 is 0 Å². The van der Waals surface area contributed by atoms with E-state index < -0.39 is 0 Å². The Morgan fingerprint density at radius 2 is 2.13 bits per heavy atom. The summed E-state index contributed by atoms with van der Waals surface area (Å²) in [7, 11) is 0. The maximum Gasteiger partial charge on any atom is 0.133 e. The number of hydrogen-bond donors (Lipinski definition) is 1. The molecule has 3 rings (SSSR count). The molecule has 1 unspecified atom stereocenters. The molecule has 1 aliphatic carbocycles. The highest BCUT2D eigenvalue weighted by atomic mass is 16.1. The second-order valence-electron chi connectivity index (χ2n) is 4.29. The maximum atomic E-state index is 11.2. The molecule has 2 nitrogen and oxygen atoms in total. The van der Waals surface area contributed by atoms with E-state index in [4.69, 9.17) is 0 Å². The van der Waals surface area contributed by atoms with Crippen LogP contribution in [0.1, 0.15) is 30.9 Å². The lowest BCUT2D eigenvalue weighted by Gasteiger charge is -2.03. The molecule has 0 spiro atoms. The van der Waals surface area contributed by atoms with E-state index in [1.54, 1.807) is 0 Å². The number of aromatic nitrogens is 1. The summed E-state index contributed by atoms with van der Waals surface area (Å²) in [6.45, 7) is 0. The van der Waals surface area contributed by atoms with Gasteiger partial charge in [-0.25, -0.2) is 0 Å². The molecule has 76 valence electrons. The van der Waals surface area contributed by atoms with Crippen LogP contribution in [0.3, 0.4) is 0 Å². The van der Waals surface area contributed by atoms with E-state index in [2.05, 4.69) is 23.2 Å². The van der Waals surface area contributed by atoms with Gasteiger partial charge in [-0.15, -0.1) is 0 Å². The molecule has 1 aromatic heterocycles. The zero-order chi connectivity index (χ0) is 10.3. The normalized spacial score (nSPS) is 21.3. The van der Waals surface area contributed by atoms with Gasteiger partial charge < -0.3 is 4.98 Å². The summed E-state index contributed by atoms with van der Waals surface area (Å²) in [5.41, 5.74) is 2.40. The van der Waals surface area contributed by atoms with Gasteiger partial charge in [-0.3, -0.25) is 4.79 Å². The van der Waals surface area contributed by atoms with Crippen LogP contribution in [0.2, 0.25) is 0 Å². The quantitative estimate of drug-likeness (QED) is 0.752. The van der Waals surface area contributed by atoms with Crippen LogP contribution in [0.25, 0.3) is 10.9 Å². The van der Waals surface area contributed by atoms with E-state index in [0.29, 0.717) is 18.1 Å². The Bertz CT molecular complexity index is 479. The number of nitrogens with one attached hydrogen (secondary N) is 1. The molecular formula is C13H13NO. The smallest absolute Gasteiger partial charge is 0.133 e. The predicted octanol–water partition coefficient (Wildman–Crippen LogP) is 3.00. The lowest BCUT2D eigenvalue weighted by atomic mass is 10.0. The summed E-state index contributed by atoms with van der Waals surface area (Å²) in [6, 6.07) is 10.4. The zero-order valence-electron chi connectivity index (χ0n) is 8.49. The third kappa shape index (κ3) is 1.46. The van der Waals surface area contributed by atoms with Crippen molar-refractivity contribution in [2.45, 2.75) is 25.2 Å². The number of carbonyl (C=O) groups is 1.